The number of nitrogens with one attached hydrogen (secondary N) is 1. The van der Waals surface area contributed by atoms with E-state index < -0.39 is 22.7 Å². The molecule has 0 aromatic carbocycles. The van der Waals surface area contributed by atoms with E-state index in [0.29, 0.717) is 0 Å². The summed E-state index contributed by atoms with van der Waals surface area (Å²) in [6, 6.07) is 0. The summed E-state index contributed by atoms with van der Waals surface area (Å²) in [7, 11) is 1.19. The molecule has 1 rings (SSSR count). The predicted molar refractivity (Wildman–Crippen MR) is 93.3 cm³/mol. The van der Waals surface area contributed by atoms with E-state index in [1.165, 1.54) is 26.3 Å². The minimum atomic E-state index is -1.42. The normalized spacial score (nSPS) is 11.3. The average Bonchev–Trinajstić information content (AvgIpc) is 2.93. The molecule has 0 aliphatic carbocycles. The Kier molecular flexibility index (Phi) is 9.20. The van der Waals surface area contributed by atoms with Crippen molar-refractivity contribution < 1.29 is 24.0 Å². The van der Waals surface area contributed by atoms with Crippen LogP contribution < -0.4 is 5.32 Å². The molecular weight excluding hydrogens is 405 g/mol. The van der Waals surface area contributed by atoms with Crippen molar-refractivity contribution in [3.8, 4) is 0 Å². The van der Waals surface area contributed by atoms with Crippen LogP contribution in [0.15, 0.2) is 10.5 Å². The number of anilines is 1. The van der Waals surface area contributed by atoms with E-state index in [9.17, 15) is 14.4 Å². The Morgan fingerprint density at radius 1 is 1.42 bits per heavy atom. The number of carbonyl (C=O) groups excluding carboxylic acids is 3. The van der Waals surface area contributed by atoms with Crippen molar-refractivity contribution in [2.45, 2.75) is 19.4 Å². The van der Waals surface area contributed by atoms with Gasteiger partial charge in [-0.25, -0.2) is 9.78 Å². The summed E-state index contributed by atoms with van der Waals surface area (Å²) < 4.78 is 4.55. The summed E-state index contributed by atoms with van der Waals surface area (Å²) in [6.07, 6.45) is 0. The monoisotopic (exact) mass is 417 g/mol. The molecule has 0 saturated heterocycles. The van der Waals surface area contributed by atoms with Gasteiger partial charge in [0.1, 0.15) is 11.6 Å². The Bertz CT molecular complexity index is 648. The first-order valence-electron chi connectivity index (χ1n) is 6.07. The molecule has 8 nitrogen and oxygen atoms in total. The van der Waals surface area contributed by atoms with Gasteiger partial charge in [0, 0.05) is 5.38 Å². The molecule has 1 heterocycles. The first-order valence-corrected chi connectivity index (χ1v) is 7.86. The lowest BCUT2D eigenvalue weighted by atomic mass is 10.1. The fourth-order valence-corrected chi connectivity index (χ4v) is 2.13. The maximum atomic E-state index is 11.5. The summed E-state index contributed by atoms with van der Waals surface area (Å²) >= 11 is 11.9. The van der Waals surface area contributed by atoms with E-state index in [0.717, 1.165) is 11.3 Å². The second-order valence-corrected chi connectivity index (χ2v) is 6.00. The van der Waals surface area contributed by atoms with Gasteiger partial charge in [-0.1, -0.05) is 5.16 Å². The molecule has 0 aliphatic heterocycles. The molecule has 0 saturated carbocycles. The summed E-state index contributed by atoms with van der Waals surface area (Å²) in [5, 5.41) is 6.72. The van der Waals surface area contributed by atoms with E-state index in [2.05, 4.69) is 20.2 Å². The number of alkyl halides is 1. The van der Waals surface area contributed by atoms with E-state index in [1.807, 2.05) is 0 Å². The van der Waals surface area contributed by atoms with Crippen molar-refractivity contribution in [3.63, 3.8) is 0 Å². The highest BCUT2D eigenvalue weighted by Gasteiger charge is 2.32. The minimum Gasteiger partial charge on any atom is -0.466 e. The molecule has 0 fully saturated rings. The Balaban J connectivity index is 0.00000529. The molecular formula is C12H14Cl3N3O5S. The number of ether oxygens (including phenoxy) is 1. The quantitative estimate of drug-likeness (QED) is 0.239. The lowest BCUT2D eigenvalue weighted by Crippen LogP contribution is -2.35. The predicted octanol–water partition coefficient (Wildman–Crippen LogP) is 2.18. The molecule has 12 heteroatoms. The van der Waals surface area contributed by atoms with Gasteiger partial charge in [-0.3, -0.25) is 9.59 Å². The smallest absolute Gasteiger partial charge is 0.352 e. The Morgan fingerprint density at radius 2 is 2.04 bits per heavy atom. The number of hydrogen-bond acceptors (Lipinski definition) is 8. The first-order chi connectivity index (χ1) is 10.7. The zero-order chi connectivity index (χ0) is 17.6. The number of carbonyl (C=O) groups is 3. The van der Waals surface area contributed by atoms with Crippen LogP contribution in [0.25, 0.3) is 0 Å². The molecule has 1 N–H and O–H groups in total. The third kappa shape index (κ3) is 6.23. The number of esters is 1. The highest BCUT2D eigenvalue weighted by Crippen LogP contribution is 2.19. The number of amides is 1. The zero-order valence-corrected chi connectivity index (χ0v) is 15.9. The van der Waals surface area contributed by atoms with Crippen LogP contribution in [0.5, 0.6) is 0 Å². The van der Waals surface area contributed by atoms with Crippen LogP contribution in [0.1, 0.15) is 19.5 Å². The van der Waals surface area contributed by atoms with Gasteiger partial charge in [0.15, 0.2) is 10.8 Å². The van der Waals surface area contributed by atoms with Crippen LogP contribution in [-0.2, 0) is 24.0 Å². The summed E-state index contributed by atoms with van der Waals surface area (Å²) in [5.41, 5.74) is -1.65. The molecule has 0 aliphatic rings. The molecule has 0 atom stereocenters. The summed E-state index contributed by atoms with van der Waals surface area (Å²) in [5.74, 6) is -1.37. The van der Waals surface area contributed by atoms with Crippen LogP contribution in [0.2, 0.25) is 0 Å². The Hall–Kier alpha value is -1.42. The van der Waals surface area contributed by atoms with Crippen LogP contribution in [0.4, 0.5) is 5.13 Å². The van der Waals surface area contributed by atoms with Crippen molar-refractivity contribution in [2.75, 3.05) is 18.3 Å². The van der Waals surface area contributed by atoms with Gasteiger partial charge in [0.25, 0.3) is 5.24 Å². The van der Waals surface area contributed by atoms with Crippen molar-refractivity contribution in [3.05, 3.63) is 11.1 Å². The number of aromatic nitrogens is 1. The molecule has 0 unspecified atom stereocenters. The number of oxime groups is 1. The van der Waals surface area contributed by atoms with Gasteiger partial charge >= 0.3 is 5.97 Å². The first kappa shape index (κ1) is 22.6. The number of methoxy groups -OCH3 is 1. The van der Waals surface area contributed by atoms with Gasteiger partial charge in [0.2, 0.25) is 11.5 Å². The van der Waals surface area contributed by atoms with Gasteiger partial charge in [0.05, 0.1) is 7.11 Å². The molecule has 0 spiro atoms. The van der Waals surface area contributed by atoms with Crippen molar-refractivity contribution in [1.29, 1.82) is 0 Å². The topological polar surface area (TPSA) is 107 Å². The molecule has 0 bridgehead atoms. The zero-order valence-electron chi connectivity index (χ0n) is 12.8. The largest absolute Gasteiger partial charge is 0.466 e. The van der Waals surface area contributed by atoms with Crippen LogP contribution in [0, 0.1) is 0 Å². The van der Waals surface area contributed by atoms with Crippen LogP contribution >= 0.6 is 46.9 Å². The summed E-state index contributed by atoms with van der Waals surface area (Å²) in [6.45, 7) is 2.82. The average molecular weight is 419 g/mol. The van der Waals surface area contributed by atoms with E-state index in [1.54, 1.807) is 0 Å². The third-order valence-corrected chi connectivity index (χ3v) is 3.52. The fraction of sp³-hybridized carbons (Fsp3) is 0.417. The van der Waals surface area contributed by atoms with Crippen LogP contribution in [-0.4, -0.2) is 46.4 Å². The Morgan fingerprint density at radius 3 is 2.54 bits per heavy atom. The highest BCUT2D eigenvalue weighted by molar-refractivity contribution is 7.14. The van der Waals surface area contributed by atoms with Crippen molar-refractivity contribution in [1.82, 2.24) is 4.98 Å². The number of rotatable bonds is 7. The standard InChI is InChI=1S/C12H13Cl2N3O5S.ClH/c1-12(2,10(20)21-3)22-17-8(9(14)19)6-5-23-11(15-6)16-7(18)4-13;/h5H,4H2,1-3H3,(H,15,16,18);1H. The maximum Gasteiger partial charge on any atom is 0.352 e. The Labute approximate surface area is 157 Å². The van der Waals surface area contributed by atoms with E-state index >= 15 is 0 Å². The molecule has 1 aromatic heterocycles. The molecule has 134 valence electrons. The van der Waals surface area contributed by atoms with Gasteiger partial charge < -0.3 is 14.9 Å². The van der Waals surface area contributed by atoms with Gasteiger partial charge in [-0.2, -0.15) is 0 Å². The van der Waals surface area contributed by atoms with Crippen molar-refractivity contribution >= 4 is 74.9 Å². The molecule has 1 amide bonds. The highest BCUT2D eigenvalue weighted by atomic mass is 35.5. The van der Waals surface area contributed by atoms with E-state index in [4.69, 9.17) is 28.0 Å². The van der Waals surface area contributed by atoms with E-state index in [-0.39, 0.29) is 34.8 Å². The molecule has 24 heavy (non-hydrogen) atoms. The second kappa shape index (κ2) is 9.77. The van der Waals surface area contributed by atoms with Crippen LogP contribution in [0.3, 0.4) is 0 Å². The lowest BCUT2D eigenvalue weighted by Gasteiger charge is -2.18. The fourth-order valence-electron chi connectivity index (χ4n) is 1.22. The minimum absolute atomic E-state index is 0. The second-order valence-electron chi connectivity index (χ2n) is 4.53. The maximum absolute atomic E-state index is 11.5. The number of nitrogens with zero attached hydrogens (tertiary/aromatic N) is 2. The summed E-state index contributed by atoms with van der Waals surface area (Å²) in [4.78, 5) is 43.2. The third-order valence-electron chi connectivity index (χ3n) is 2.34. The number of hydrogen-bond donors (Lipinski definition) is 1. The lowest BCUT2D eigenvalue weighted by molar-refractivity contribution is -0.165. The number of thiazole rings is 1. The number of halogens is 3. The SMILES string of the molecule is COC(=O)C(C)(C)ON=C(C(=O)Cl)c1csc(NC(=O)CCl)n1.Cl. The molecule has 0 radical (unpaired) electrons. The van der Waals surface area contributed by atoms with Gasteiger partial charge in [-0.15, -0.1) is 35.3 Å². The van der Waals surface area contributed by atoms with Gasteiger partial charge in [-0.05, 0) is 25.4 Å². The van der Waals surface area contributed by atoms with Crippen molar-refractivity contribution in [2.24, 2.45) is 5.16 Å². The molecule has 1 aromatic rings.